The Morgan fingerprint density at radius 2 is 2.16 bits per heavy atom. The van der Waals surface area contributed by atoms with Crippen LogP contribution in [0.25, 0.3) is 0 Å². The molecule has 0 N–H and O–H groups in total. The van der Waals surface area contributed by atoms with E-state index in [1.165, 1.54) is 29.0 Å². The fourth-order valence-corrected chi connectivity index (χ4v) is 5.64. The summed E-state index contributed by atoms with van der Waals surface area (Å²) in [6, 6.07) is 8.03. The molecule has 2 saturated heterocycles. The van der Waals surface area contributed by atoms with Gasteiger partial charge in [-0.05, 0) is 0 Å². The van der Waals surface area contributed by atoms with Crippen LogP contribution in [0.4, 0.5) is 4.39 Å². The molecule has 1 amide bonds. The third-order valence-corrected chi connectivity index (χ3v) is 6.71. The maximum absolute atomic E-state index is 13.0. The summed E-state index contributed by atoms with van der Waals surface area (Å²) in [5.74, 6) is 0.412. The zero-order valence-corrected chi connectivity index (χ0v) is 13.3. The van der Waals surface area contributed by atoms with Crippen molar-refractivity contribution in [3.63, 3.8) is 0 Å². The molecule has 2 aliphatic rings. The van der Waals surface area contributed by atoms with Crippen LogP contribution in [0.2, 0.25) is 0 Å². The molecule has 0 aromatic heterocycles. The topological polar surface area (TPSA) is 44.1 Å². The molecule has 6 heteroatoms. The zero-order valence-electron chi connectivity index (χ0n) is 10.0. The standard InChI is InChI=1S/C13H12AsFN2OS/c14-13(8-1-3-9(15)4-2-8)5-11-17(12(13)18)10(6-16)7-19-11/h1-4,10-11H,5,7,14H2. The molecule has 0 bridgehead atoms. The van der Waals surface area contributed by atoms with E-state index in [0.717, 1.165) is 5.56 Å². The Morgan fingerprint density at radius 3 is 2.79 bits per heavy atom. The quantitative estimate of drug-likeness (QED) is 0.713. The minimum atomic E-state index is -0.576. The van der Waals surface area contributed by atoms with E-state index in [4.69, 9.17) is 5.26 Å². The molecule has 3 rings (SSSR count). The van der Waals surface area contributed by atoms with Gasteiger partial charge in [-0.2, -0.15) is 0 Å². The number of carbonyl (C=O) groups is 1. The fourth-order valence-electron chi connectivity index (χ4n) is 2.67. The summed E-state index contributed by atoms with van der Waals surface area (Å²) in [6.45, 7) is 0. The van der Waals surface area contributed by atoms with Crippen LogP contribution in [0.1, 0.15) is 12.0 Å². The van der Waals surface area contributed by atoms with E-state index >= 15 is 0 Å². The van der Waals surface area contributed by atoms with Gasteiger partial charge in [-0.25, -0.2) is 0 Å². The van der Waals surface area contributed by atoms with Crippen molar-refractivity contribution < 1.29 is 9.18 Å². The Hall–Kier alpha value is -0.982. The molecule has 4 atom stereocenters. The van der Waals surface area contributed by atoms with Crippen molar-refractivity contribution >= 4 is 34.5 Å². The van der Waals surface area contributed by atoms with Crippen LogP contribution < -0.4 is 0 Å². The van der Waals surface area contributed by atoms with Crippen molar-refractivity contribution in [2.75, 3.05) is 5.75 Å². The Balaban J connectivity index is 1.97. The van der Waals surface area contributed by atoms with Gasteiger partial charge in [-0.1, -0.05) is 0 Å². The second-order valence-corrected chi connectivity index (χ2v) is 8.11. The van der Waals surface area contributed by atoms with E-state index in [2.05, 4.69) is 6.07 Å². The number of rotatable bonds is 1. The SMILES string of the molecule is N#CC1CSC2CC([AsH2])(c3ccc(F)cc3)C(=O)N12. The van der Waals surface area contributed by atoms with Crippen molar-refractivity contribution in [3.05, 3.63) is 35.6 Å². The molecule has 2 fully saturated rings. The van der Waals surface area contributed by atoms with Crippen LogP contribution in [-0.4, -0.2) is 44.8 Å². The average Bonchev–Trinajstić information content (AvgIpc) is 2.90. The molecule has 4 unspecified atom stereocenters. The molecule has 0 spiro atoms. The van der Waals surface area contributed by atoms with E-state index in [1.807, 2.05) is 0 Å². The summed E-state index contributed by atoms with van der Waals surface area (Å²) < 4.78 is 12.4. The Kier molecular flexibility index (Phi) is 3.11. The molecule has 1 aromatic carbocycles. The van der Waals surface area contributed by atoms with Crippen molar-refractivity contribution in [2.24, 2.45) is 0 Å². The van der Waals surface area contributed by atoms with E-state index in [0.29, 0.717) is 12.2 Å². The molecule has 98 valence electrons. The van der Waals surface area contributed by atoms with Gasteiger partial charge >= 0.3 is 123 Å². The summed E-state index contributed by atoms with van der Waals surface area (Å²) in [7, 11) is 0. The molecule has 1 aromatic rings. The van der Waals surface area contributed by atoms with Gasteiger partial charge in [0.2, 0.25) is 0 Å². The summed E-state index contributed by atoms with van der Waals surface area (Å²) in [5.41, 5.74) is 0.852. The fraction of sp³-hybridized carbons (Fsp3) is 0.385. The number of nitriles is 1. The Bertz CT molecular complexity index is 573. The van der Waals surface area contributed by atoms with Gasteiger partial charge in [-0.3, -0.25) is 0 Å². The first-order valence-electron chi connectivity index (χ1n) is 5.95. The first-order chi connectivity index (χ1) is 9.06. The molecule has 0 radical (unpaired) electrons. The average molecular weight is 338 g/mol. The number of amides is 1. The molecule has 0 aliphatic carbocycles. The Labute approximate surface area is 123 Å². The molecular weight excluding hydrogens is 326 g/mol. The van der Waals surface area contributed by atoms with E-state index < -0.39 is 4.20 Å². The number of hydrogen-bond donors (Lipinski definition) is 0. The monoisotopic (exact) mass is 338 g/mol. The maximum atomic E-state index is 13.0. The molecular formula is C13H12AsFN2OS. The first kappa shape index (κ1) is 13.0. The number of halogens is 1. The molecule has 0 saturated carbocycles. The van der Waals surface area contributed by atoms with Crippen molar-refractivity contribution in [3.8, 4) is 6.07 Å². The van der Waals surface area contributed by atoms with Crippen LogP contribution >= 0.6 is 11.8 Å². The molecule has 2 aliphatic heterocycles. The van der Waals surface area contributed by atoms with E-state index in [-0.39, 0.29) is 23.1 Å². The third-order valence-electron chi connectivity index (χ3n) is 3.71. The molecule has 19 heavy (non-hydrogen) atoms. The number of fused-ring (bicyclic) bond motifs is 1. The van der Waals surface area contributed by atoms with E-state index in [1.54, 1.807) is 28.8 Å². The number of benzene rings is 1. The van der Waals surface area contributed by atoms with Crippen molar-refractivity contribution in [2.45, 2.75) is 22.0 Å². The number of thioether (sulfide) groups is 1. The van der Waals surface area contributed by atoms with Crippen LogP contribution in [-0.2, 0) is 9.00 Å². The third kappa shape index (κ3) is 1.89. The predicted octanol–water partition coefficient (Wildman–Crippen LogP) is 0.851. The van der Waals surface area contributed by atoms with Crippen LogP contribution in [0, 0.1) is 17.1 Å². The van der Waals surface area contributed by atoms with Gasteiger partial charge in [0, 0.05) is 0 Å². The zero-order chi connectivity index (χ0) is 13.6. The Morgan fingerprint density at radius 1 is 1.47 bits per heavy atom. The summed E-state index contributed by atoms with van der Waals surface area (Å²) in [6.07, 6.45) is 0.709. The molecule has 2 heterocycles. The number of nitrogens with zero attached hydrogens (tertiary/aromatic N) is 2. The van der Waals surface area contributed by atoms with Crippen LogP contribution in [0.3, 0.4) is 0 Å². The summed E-state index contributed by atoms with van der Waals surface area (Å²) in [4.78, 5) is 14.4. The molecule has 3 nitrogen and oxygen atoms in total. The van der Waals surface area contributed by atoms with E-state index in [9.17, 15) is 9.18 Å². The van der Waals surface area contributed by atoms with Crippen molar-refractivity contribution in [1.29, 1.82) is 5.26 Å². The second-order valence-electron chi connectivity index (χ2n) is 4.83. The number of carbonyl (C=O) groups excluding carboxylic acids is 1. The van der Waals surface area contributed by atoms with Gasteiger partial charge in [0.05, 0.1) is 0 Å². The van der Waals surface area contributed by atoms with Gasteiger partial charge in [0.25, 0.3) is 0 Å². The van der Waals surface area contributed by atoms with Gasteiger partial charge in [0.15, 0.2) is 0 Å². The summed E-state index contributed by atoms with van der Waals surface area (Å²) >= 11 is 3.01. The summed E-state index contributed by atoms with van der Waals surface area (Å²) in [5, 5.41) is 9.20. The van der Waals surface area contributed by atoms with Crippen LogP contribution in [0.15, 0.2) is 24.3 Å². The second kappa shape index (κ2) is 4.54. The van der Waals surface area contributed by atoms with Gasteiger partial charge < -0.3 is 0 Å². The normalized spacial score (nSPS) is 33.3. The van der Waals surface area contributed by atoms with Crippen LogP contribution in [0.5, 0.6) is 0 Å². The number of hydrogen-bond acceptors (Lipinski definition) is 3. The minimum absolute atomic E-state index is 0.0145. The van der Waals surface area contributed by atoms with Gasteiger partial charge in [-0.15, -0.1) is 0 Å². The van der Waals surface area contributed by atoms with Crippen molar-refractivity contribution in [1.82, 2.24) is 4.90 Å². The first-order valence-corrected chi connectivity index (χ1v) is 8.21. The predicted molar refractivity (Wildman–Crippen MR) is 73.7 cm³/mol. The van der Waals surface area contributed by atoms with Gasteiger partial charge in [0.1, 0.15) is 0 Å².